The van der Waals surface area contributed by atoms with E-state index in [1.165, 1.54) is 7.11 Å². The Morgan fingerprint density at radius 2 is 2.14 bits per heavy atom. The molecular formula is C14H20F2N2O3. The lowest BCUT2D eigenvalue weighted by Gasteiger charge is -2.26. The first-order valence-electron chi connectivity index (χ1n) is 6.48. The third kappa shape index (κ3) is 5.37. The Labute approximate surface area is 122 Å². The smallest absolute Gasteiger partial charge is 0.241 e. The average Bonchev–Trinajstić information content (AvgIpc) is 2.42. The largest absolute Gasteiger partial charge is 0.389 e. The number of hydrogen-bond donors (Lipinski definition) is 2. The molecule has 0 aliphatic carbocycles. The fourth-order valence-corrected chi connectivity index (χ4v) is 1.77. The molecule has 2 atom stereocenters. The minimum absolute atomic E-state index is 0.150. The molecule has 2 N–H and O–H groups in total. The number of halogens is 2. The second-order valence-corrected chi connectivity index (χ2v) is 4.84. The van der Waals surface area contributed by atoms with Crippen molar-refractivity contribution in [1.82, 2.24) is 4.90 Å². The van der Waals surface area contributed by atoms with Gasteiger partial charge in [-0.1, -0.05) is 0 Å². The highest BCUT2D eigenvalue weighted by atomic mass is 19.1. The van der Waals surface area contributed by atoms with E-state index in [0.717, 1.165) is 18.2 Å². The van der Waals surface area contributed by atoms with Crippen molar-refractivity contribution < 1.29 is 23.4 Å². The molecule has 0 spiro atoms. The molecule has 118 valence electrons. The van der Waals surface area contributed by atoms with Crippen LogP contribution in [0.4, 0.5) is 14.5 Å². The standard InChI is InChI=1S/C14H20F2N2O3/c1-9(18(2)7-11(19)8-21-3)14(20)17-13-6-10(15)4-5-12(13)16/h4-6,9,11,19H,7-8H2,1-3H3,(H,17,20). The molecule has 1 aromatic carbocycles. The van der Waals surface area contributed by atoms with Gasteiger partial charge in [0, 0.05) is 19.7 Å². The van der Waals surface area contributed by atoms with E-state index in [0.29, 0.717) is 0 Å². The highest BCUT2D eigenvalue weighted by Crippen LogP contribution is 2.16. The number of amides is 1. The molecule has 0 aromatic heterocycles. The molecule has 21 heavy (non-hydrogen) atoms. The molecule has 0 fully saturated rings. The molecule has 7 heteroatoms. The molecule has 5 nitrogen and oxygen atoms in total. The lowest BCUT2D eigenvalue weighted by molar-refractivity contribution is -0.120. The van der Waals surface area contributed by atoms with Gasteiger partial charge in [-0.15, -0.1) is 0 Å². The van der Waals surface area contributed by atoms with Gasteiger partial charge in [0.1, 0.15) is 11.6 Å². The SMILES string of the molecule is COCC(O)CN(C)C(C)C(=O)Nc1cc(F)ccc1F. The average molecular weight is 302 g/mol. The Kier molecular flexibility index (Phi) is 6.67. The number of methoxy groups -OCH3 is 1. The van der Waals surface area contributed by atoms with E-state index >= 15 is 0 Å². The van der Waals surface area contributed by atoms with Crippen LogP contribution in [0.2, 0.25) is 0 Å². The minimum Gasteiger partial charge on any atom is -0.389 e. The zero-order valence-corrected chi connectivity index (χ0v) is 12.3. The second-order valence-electron chi connectivity index (χ2n) is 4.84. The molecule has 2 unspecified atom stereocenters. The molecule has 0 bridgehead atoms. The highest BCUT2D eigenvalue weighted by Gasteiger charge is 2.21. The van der Waals surface area contributed by atoms with Crippen LogP contribution in [-0.2, 0) is 9.53 Å². The van der Waals surface area contributed by atoms with E-state index in [1.807, 2.05) is 0 Å². The van der Waals surface area contributed by atoms with Crippen molar-refractivity contribution in [1.29, 1.82) is 0 Å². The number of carbonyl (C=O) groups excluding carboxylic acids is 1. The van der Waals surface area contributed by atoms with E-state index in [-0.39, 0.29) is 18.8 Å². The van der Waals surface area contributed by atoms with Crippen LogP contribution in [0.1, 0.15) is 6.92 Å². The molecule has 0 aliphatic heterocycles. The van der Waals surface area contributed by atoms with Crippen molar-refractivity contribution in [3.8, 4) is 0 Å². The molecule has 1 rings (SSSR count). The van der Waals surface area contributed by atoms with Crippen molar-refractivity contribution in [3.05, 3.63) is 29.8 Å². The Morgan fingerprint density at radius 3 is 2.76 bits per heavy atom. The first-order valence-corrected chi connectivity index (χ1v) is 6.48. The van der Waals surface area contributed by atoms with E-state index in [4.69, 9.17) is 4.74 Å². The Morgan fingerprint density at radius 1 is 1.48 bits per heavy atom. The monoisotopic (exact) mass is 302 g/mol. The summed E-state index contributed by atoms with van der Waals surface area (Å²) < 4.78 is 31.3. The first kappa shape index (κ1) is 17.5. The van der Waals surface area contributed by atoms with Gasteiger partial charge in [0.05, 0.1) is 24.4 Å². The zero-order chi connectivity index (χ0) is 16.0. The summed E-state index contributed by atoms with van der Waals surface area (Å²) >= 11 is 0. The molecule has 0 radical (unpaired) electrons. The van der Waals surface area contributed by atoms with Crippen molar-refractivity contribution in [2.24, 2.45) is 0 Å². The van der Waals surface area contributed by atoms with Gasteiger partial charge in [-0.2, -0.15) is 0 Å². The number of nitrogens with one attached hydrogen (secondary N) is 1. The lowest BCUT2D eigenvalue weighted by atomic mass is 10.2. The number of aliphatic hydroxyl groups excluding tert-OH is 1. The van der Waals surface area contributed by atoms with Crippen molar-refractivity contribution in [2.75, 3.05) is 32.6 Å². The van der Waals surface area contributed by atoms with Gasteiger partial charge in [0.25, 0.3) is 0 Å². The van der Waals surface area contributed by atoms with Crippen LogP contribution in [0.3, 0.4) is 0 Å². The summed E-state index contributed by atoms with van der Waals surface area (Å²) in [5.74, 6) is -1.84. The number of benzene rings is 1. The Hall–Kier alpha value is -1.57. The van der Waals surface area contributed by atoms with Gasteiger partial charge in [-0.25, -0.2) is 8.78 Å². The summed E-state index contributed by atoms with van der Waals surface area (Å²) in [6, 6.07) is 2.21. The summed E-state index contributed by atoms with van der Waals surface area (Å²) in [6.07, 6.45) is -0.735. The van der Waals surface area contributed by atoms with Crippen LogP contribution < -0.4 is 5.32 Å². The fourth-order valence-electron chi connectivity index (χ4n) is 1.77. The summed E-state index contributed by atoms with van der Waals surface area (Å²) in [5, 5.41) is 11.9. The van der Waals surface area contributed by atoms with Crippen LogP contribution >= 0.6 is 0 Å². The predicted molar refractivity (Wildman–Crippen MR) is 75.0 cm³/mol. The van der Waals surface area contributed by atoms with Gasteiger partial charge in [0.15, 0.2) is 0 Å². The van der Waals surface area contributed by atoms with Gasteiger partial charge < -0.3 is 15.2 Å². The number of likely N-dealkylation sites (N-methyl/N-ethyl adjacent to an activating group) is 1. The number of aliphatic hydroxyl groups is 1. The van der Waals surface area contributed by atoms with E-state index in [1.54, 1.807) is 18.9 Å². The molecule has 0 saturated heterocycles. The molecular weight excluding hydrogens is 282 g/mol. The van der Waals surface area contributed by atoms with Crippen molar-refractivity contribution in [3.63, 3.8) is 0 Å². The quantitative estimate of drug-likeness (QED) is 0.795. The number of anilines is 1. The summed E-state index contributed by atoms with van der Waals surface area (Å²) in [4.78, 5) is 13.6. The van der Waals surface area contributed by atoms with Gasteiger partial charge in [-0.05, 0) is 26.1 Å². The van der Waals surface area contributed by atoms with Crippen LogP contribution in [0.25, 0.3) is 0 Å². The maximum Gasteiger partial charge on any atom is 0.241 e. The summed E-state index contributed by atoms with van der Waals surface area (Å²) in [7, 11) is 3.11. The van der Waals surface area contributed by atoms with Crippen LogP contribution in [0.15, 0.2) is 18.2 Å². The molecule has 0 heterocycles. The number of nitrogens with zero attached hydrogens (tertiary/aromatic N) is 1. The van der Waals surface area contributed by atoms with Crippen molar-refractivity contribution in [2.45, 2.75) is 19.1 Å². The van der Waals surface area contributed by atoms with Gasteiger partial charge in [0.2, 0.25) is 5.91 Å². The molecule has 0 aliphatic rings. The van der Waals surface area contributed by atoms with Crippen molar-refractivity contribution >= 4 is 11.6 Å². The van der Waals surface area contributed by atoms with E-state index < -0.39 is 29.7 Å². The molecule has 0 saturated carbocycles. The number of hydrogen-bond acceptors (Lipinski definition) is 4. The molecule has 1 amide bonds. The minimum atomic E-state index is -0.735. The summed E-state index contributed by atoms with van der Waals surface area (Å²) in [5.41, 5.74) is -0.210. The third-order valence-corrected chi connectivity index (χ3v) is 3.08. The van der Waals surface area contributed by atoms with Gasteiger partial charge >= 0.3 is 0 Å². The van der Waals surface area contributed by atoms with Crippen LogP contribution in [-0.4, -0.2) is 55.4 Å². The topological polar surface area (TPSA) is 61.8 Å². The normalized spacial score (nSPS) is 14.0. The predicted octanol–water partition coefficient (Wildman–Crippen LogP) is 1.23. The summed E-state index contributed by atoms with van der Waals surface area (Å²) in [6.45, 7) is 1.97. The number of carbonyl (C=O) groups is 1. The third-order valence-electron chi connectivity index (χ3n) is 3.08. The van der Waals surface area contributed by atoms with E-state index in [2.05, 4.69) is 5.32 Å². The highest BCUT2D eigenvalue weighted by molar-refractivity contribution is 5.94. The van der Waals surface area contributed by atoms with Gasteiger partial charge in [-0.3, -0.25) is 9.69 Å². The molecule has 1 aromatic rings. The lowest BCUT2D eigenvalue weighted by Crippen LogP contribution is -2.44. The second kappa shape index (κ2) is 8.02. The zero-order valence-electron chi connectivity index (χ0n) is 12.3. The first-order chi connectivity index (χ1) is 9.85. The Bertz CT molecular complexity index is 485. The number of rotatable bonds is 7. The number of ether oxygens (including phenoxy) is 1. The maximum absolute atomic E-state index is 13.5. The fraction of sp³-hybridized carbons (Fsp3) is 0.500. The maximum atomic E-state index is 13.5. The van der Waals surface area contributed by atoms with Crippen LogP contribution in [0, 0.1) is 11.6 Å². The van der Waals surface area contributed by atoms with Crippen LogP contribution in [0.5, 0.6) is 0 Å². The van der Waals surface area contributed by atoms with E-state index in [9.17, 15) is 18.7 Å². The Balaban J connectivity index is 2.63.